The monoisotopic (exact) mass is 353 g/mol. The van der Waals surface area contributed by atoms with E-state index in [0.29, 0.717) is 15.7 Å². The second-order valence-corrected chi connectivity index (χ2v) is 6.39. The lowest BCUT2D eigenvalue weighted by Gasteiger charge is -2.16. The lowest BCUT2D eigenvalue weighted by Crippen LogP contribution is -2.40. The van der Waals surface area contributed by atoms with Crippen molar-refractivity contribution in [2.75, 3.05) is 5.75 Å². The summed E-state index contributed by atoms with van der Waals surface area (Å²) in [6, 6.07) is 0. The first-order valence-corrected chi connectivity index (χ1v) is 7.73. The Kier molecular flexibility index (Phi) is 4.59. The molecule has 0 fully saturated rings. The summed E-state index contributed by atoms with van der Waals surface area (Å²) in [6.07, 6.45) is -5.23. The van der Waals surface area contributed by atoms with E-state index in [-0.39, 0.29) is 12.3 Å². The van der Waals surface area contributed by atoms with Crippen molar-refractivity contribution in [2.24, 2.45) is 10.7 Å². The third-order valence-electron chi connectivity index (χ3n) is 2.64. The Bertz CT molecular complexity index is 644. The van der Waals surface area contributed by atoms with Crippen LogP contribution >= 0.6 is 23.1 Å². The lowest BCUT2D eigenvalue weighted by molar-refractivity contribution is -0.203. The van der Waals surface area contributed by atoms with Crippen LogP contribution in [0.1, 0.15) is 17.6 Å². The van der Waals surface area contributed by atoms with Gasteiger partial charge in [-0.2, -0.15) is 13.2 Å². The van der Waals surface area contributed by atoms with Gasteiger partial charge in [-0.1, -0.05) is 0 Å². The van der Waals surface area contributed by atoms with Crippen molar-refractivity contribution < 1.29 is 27.5 Å². The van der Waals surface area contributed by atoms with Crippen LogP contribution in [0.25, 0.3) is 0 Å². The number of carbonyl (C=O) groups excluding carboxylic acids is 2. The molecule has 1 aliphatic heterocycles. The molecule has 0 amide bonds. The van der Waals surface area contributed by atoms with Gasteiger partial charge in [0.15, 0.2) is 5.54 Å². The highest BCUT2D eigenvalue weighted by molar-refractivity contribution is 8.14. The number of thioether (sulfide) groups is 1. The Morgan fingerprint density at radius 3 is 2.73 bits per heavy atom. The third-order valence-corrected chi connectivity index (χ3v) is 4.79. The highest BCUT2D eigenvalue weighted by atomic mass is 32.2. The molecule has 1 aromatic rings. The summed E-state index contributed by atoms with van der Waals surface area (Å²) in [4.78, 5) is 30.7. The van der Waals surface area contributed by atoms with Crippen LogP contribution in [0.2, 0.25) is 0 Å². The van der Waals surface area contributed by atoms with Crippen LogP contribution in [0.3, 0.4) is 0 Å². The van der Waals surface area contributed by atoms with E-state index in [0.717, 1.165) is 11.8 Å². The molecular formula is C11H10F3N3O3S2. The zero-order valence-electron chi connectivity index (χ0n) is 11.1. The minimum Gasteiger partial charge on any atom is -0.385 e. The van der Waals surface area contributed by atoms with E-state index in [2.05, 4.69) is 14.7 Å². The van der Waals surface area contributed by atoms with Gasteiger partial charge in [-0.15, -0.1) is 23.1 Å². The zero-order chi connectivity index (χ0) is 16.5. The second-order valence-electron chi connectivity index (χ2n) is 4.48. The highest BCUT2D eigenvalue weighted by Crippen LogP contribution is 2.33. The van der Waals surface area contributed by atoms with Crippen LogP contribution in [0, 0.1) is 0 Å². The fraction of sp³-hybridized carbons (Fsp3) is 0.455. The number of halogens is 3. The molecule has 0 spiro atoms. The van der Waals surface area contributed by atoms with Gasteiger partial charge in [0.25, 0.3) is 0 Å². The van der Waals surface area contributed by atoms with Gasteiger partial charge in [-0.25, -0.2) is 14.6 Å². The smallest absolute Gasteiger partial charge is 0.385 e. The van der Waals surface area contributed by atoms with Gasteiger partial charge in [0.05, 0.1) is 0 Å². The van der Waals surface area contributed by atoms with Gasteiger partial charge in [-0.3, -0.25) is 4.99 Å². The van der Waals surface area contributed by atoms with Crippen molar-refractivity contribution >= 4 is 40.1 Å². The maximum absolute atomic E-state index is 12.1. The van der Waals surface area contributed by atoms with E-state index in [1.807, 2.05) is 0 Å². The van der Waals surface area contributed by atoms with Crippen molar-refractivity contribution in [3.8, 4) is 0 Å². The van der Waals surface area contributed by atoms with Crippen molar-refractivity contribution in [1.29, 1.82) is 0 Å². The van der Waals surface area contributed by atoms with Gasteiger partial charge >= 0.3 is 18.1 Å². The molecule has 2 heterocycles. The lowest BCUT2D eigenvalue weighted by atomic mass is 10.1. The summed E-state index contributed by atoms with van der Waals surface area (Å²) in [5.41, 5.74) is 4.37. The molecule has 0 radical (unpaired) electrons. The van der Waals surface area contributed by atoms with Crippen molar-refractivity contribution in [1.82, 2.24) is 4.98 Å². The van der Waals surface area contributed by atoms with Crippen molar-refractivity contribution in [2.45, 2.75) is 25.2 Å². The maximum Gasteiger partial charge on any atom is 0.491 e. The standard InChI is InChI=1S/C11H10F3N3O3S2/c1-10(8(18)20-9(19)11(12,13)14)4-22-7(17-10)5-3-21-6(2-15)16-5/h3H,2,4,15H2,1H3/t10-/m0/s1. The molecule has 2 rings (SSSR count). The van der Waals surface area contributed by atoms with Gasteiger partial charge in [0, 0.05) is 17.7 Å². The van der Waals surface area contributed by atoms with E-state index in [4.69, 9.17) is 5.73 Å². The summed E-state index contributed by atoms with van der Waals surface area (Å²) < 4.78 is 40.2. The van der Waals surface area contributed by atoms with Crippen LogP contribution in [0.5, 0.6) is 0 Å². The molecule has 11 heteroatoms. The number of rotatable bonds is 3. The summed E-state index contributed by atoms with van der Waals surface area (Å²) in [5.74, 6) is -3.83. The van der Waals surface area contributed by atoms with Gasteiger partial charge in [-0.05, 0) is 6.92 Å². The molecule has 2 N–H and O–H groups in total. The third kappa shape index (κ3) is 3.47. The average molecular weight is 353 g/mol. The molecule has 0 unspecified atom stereocenters. The summed E-state index contributed by atoms with van der Waals surface area (Å²) >= 11 is 2.46. The molecule has 22 heavy (non-hydrogen) atoms. The minimum absolute atomic E-state index is 0.0573. The number of ether oxygens (including phenoxy) is 1. The molecule has 1 aliphatic rings. The number of hydrogen-bond acceptors (Lipinski definition) is 8. The van der Waals surface area contributed by atoms with Crippen LogP contribution in [-0.2, 0) is 20.9 Å². The largest absolute Gasteiger partial charge is 0.491 e. The predicted molar refractivity (Wildman–Crippen MR) is 74.6 cm³/mol. The number of alkyl halides is 3. The number of aromatic nitrogens is 1. The number of thiazole rings is 1. The molecule has 1 atom stereocenters. The number of esters is 2. The second kappa shape index (κ2) is 5.97. The van der Waals surface area contributed by atoms with Crippen LogP contribution < -0.4 is 5.73 Å². The summed E-state index contributed by atoms with van der Waals surface area (Å²) in [6.45, 7) is 1.55. The van der Waals surface area contributed by atoms with E-state index in [9.17, 15) is 22.8 Å². The van der Waals surface area contributed by atoms with Gasteiger partial charge in [0.1, 0.15) is 15.7 Å². The Morgan fingerprint density at radius 2 is 2.18 bits per heavy atom. The van der Waals surface area contributed by atoms with Crippen LogP contribution in [-0.4, -0.2) is 39.4 Å². The number of carbonyl (C=O) groups is 2. The predicted octanol–water partition coefficient (Wildman–Crippen LogP) is 1.49. The average Bonchev–Trinajstić information content (AvgIpc) is 3.04. The number of hydrogen-bond donors (Lipinski definition) is 1. The maximum atomic E-state index is 12.1. The molecule has 0 saturated heterocycles. The molecule has 0 saturated carbocycles. The SMILES string of the molecule is C[C@@]1(C(=O)OC(=O)C(F)(F)F)CSC(c2csc(CN)n2)=N1. The number of nitrogens with zero attached hydrogens (tertiary/aromatic N) is 2. The zero-order valence-corrected chi connectivity index (χ0v) is 12.8. The molecule has 0 aromatic carbocycles. The van der Waals surface area contributed by atoms with Gasteiger partial charge < -0.3 is 10.5 Å². The molecule has 0 bridgehead atoms. The van der Waals surface area contributed by atoms with Crippen molar-refractivity contribution in [3.63, 3.8) is 0 Å². The molecule has 6 nitrogen and oxygen atoms in total. The first kappa shape index (κ1) is 16.9. The topological polar surface area (TPSA) is 94.6 Å². The Labute approximate surface area is 130 Å². The van der Waals surface area contributed by atoms with Crippen molar-refractivity contribution in [3.05, 3.63) is 16.1 Å². The first-order valence-electron chi connectivity index (χ1n) is 5.86. The first-order chi connectivity index (χ1) is 10.2. The minimum atomic E-state index is -5.23. The summed E-state index contributed by atoms with van der Waals surface area (Å²) in [5, 5.41) is 2.75. The molecule has 1 aromatic heterocycles. The number of aliphatic imine (C=N–C) groups is 1. The van der Waals surface area contributed by atoms with E-state index in [1.165, 1.54) is 18.3 Å². The molecule has 120 valence electrons. The van der Waals surface area contributed by atoms with E-state index < -0.39 is 23.7 Å². The fourth-order valence-corrected chi connectivity index (χ4v) is 3.34. The quantitative estimate of drug-likeness (QED) is 0.653. The van der Waals surface area contributed by atoms with E-state index >= 15 is 0 Å². The Morgan fingerprint density at radius 1 is 1.50 bits per heavy atom. The van der Waals surface area contributed by atoms with E-state index in [1.54, 1.807) is 5.38 Å². The highest BCUT2D eigenvalue weighted by Gasteiger charge is 2.47. The van der Waals surface area contributed by atoms with Crippen LogP contribution in [0.4, 0.5) is 13.2 Å². The van der Waals surface area contributed by atoms with Crippen LogP contribution in [0.15, 0.2) is 10.4 Å². The summed E-state index contributed by atoms with van der Waals surface area (Å²) in [7, 11) is 0. The molecule has 0 aliphatic carbocycles. The Hall–Kier alpha value is -1.46. The fourth-order valence-electron chi connectivity index (χ4n) is 1.49. The number of nitrogens with two attached hydrogens (primary N) is 1. The Balaban J connectivity index is 2.14. The molecular weight excluding hydrogens is 343 g/mol. The normalized spacial score (nSPS) is 21.6. The van der Waals surface area contributed by atoms with Gasteiger partial charge in [0.2, 0.25) is 0 Å².